The molecular weight excluding hydrogens is 296 g/mol. The Bertz CT molecular complexity index is 674. The second-order valence-electron chi connectivity index (χ2n) is 6.40. The molecule has 4 heteroatoms. The summed E-state index contributed by atoms with van der Waals surface area (Å²) >= 11 is 0. The Balaban J connectivity index is 2.42. The van der Waals surface area contributed by atoms with Gasteiger partial charge in [-0.3, -0.25) is 0 Å². The van der Waals surface area contributed by atoms with Gasteiger partial charge in [-0.05, 0) is 24.1 Å². The first-order valence-corrected chi connectivity index (χ1v) is 12.3. The summed E-state index contributed by atoms with van der Waals surface area (Å²) in [5.74, 6) is 0. The zero-order chi connectivity index (χ0) is 15.5. The van der Waals surface area contributed by atoms with Gasteiger partial charge in [0.05, 0.1) is 17.8 Å². The van der Waals surface area contributed by atoms with Crippen LogP contribution in [0.25, 0.3) is 0 Å². The molecule has 0 aliphatic carbocycles. The maximum atomic E-state index is 13.0. The Morgan fingerprint density at radius 2 is 1.33 bits per heavy atom. The maximum Gasteiger partial charge on any atom is 0.178 e. The molecule has 0 saturated carbocycles. The molecule has 21 heavy (non-hydrogen) atoms. The quantitative estimate of drug-likeness (QED) is 0.782. The second kappa shape index (κ2) is 6.16. The molecule has 2 rings (SSSR count). The minimum absolute atomic E-state index is 0.310. The lowest BCUT2D eigenvalue weighted by molar-refractivity contribution is 0.590. The molecule has 2 nitrogen and oxygen atoms in total. The molecule has 0 radical (unpaired) electrons. The topological polar surface area (TPSA) is 34.1 Å². The van der Waals surface area contributed by atoms with E-state index >= 15 is 0 Å². The number of hydrogen-bond donors (Lipinski definition) is 0. The molecule has 112 valence electrons. The van der Waals surface area contributed by atoms with Crippen LogP contribution < -0.4 is 0 Å². The Kier molecular flexibility index (Phi) is 4.69. The van der Waals surface area contributed by atoms with E-state index in [1.165, 1.54) is 0 Å². The molecule has 0 aliphatic heterocycles. The zero-order valence-corrected chi connectivity index (χ0v) is 14.6. The molecule has 1 unspecified atom stereocenters. The van der Waals surface area contributed by atoms with Gasteiger partial charge in [0.2, 0.25) is 0 Å². The summed E-state index contributed by atoms with van der Waals surface area (Å²) in [4.78, 5) is 0.128. The van der Waals surface area contributed by atoms with Crippen molar-refractivity contribution in [2.24, 2.45) is 0 Å². The van der Waals surface area contributed by atoms with Crippen LogP contribution in [0.5, 0.6) is 0 Å². The first-order valence-electron chi connectivity index (χ1n) is 7.15. The lowest BCUT2D eigenvalue weighted by Gasteiger charge is -2.29. The van der Waals surface area contributed by atoms with E-state index in [4.69, 9.17) is 0 Å². The number of hydrogen-bond acceptors (Lipinski definition) is 2. The summed E-state index contributed by atoms with van der Waals surface area (Å²) in [5.41, 5.74) is 1.09. The lowest BCUT2D eigenvalue weighted by Crippen LogP contribution is -2.45. The van der Waals surface area contributed by atoms with E-state index in [0.29, 0.717) is 11.3 Å². The average molecular weight is 319 g/mol. The van der Waals surface area contributed by atoms with Crippen molar-refractivity contribution in [1.29, 1.82) is 0 Å². The zero-order valence-electron chi connectivity index (χ0n) is 12.8. The van der Waals surface area contributed by atoms with Gasteiger partial charge < -0.3 is 0 Å². The molecule has 0 spiro atoms. The summed E-state index contributed by atoms with van der Waals surface area (Å²) in [6, 6.07) is 18.7. The molecule has 0 fully saturated rings. The molecule has 0 aliphatic rings. The summed E-state index contributed by atoms with van der Waals surface area (Å²) < 4.78 is 26.0. The molecule has 0 heterocycles. The predicted octanol–water partition coefficient (Wildman–Crippen LogP) is 3.95. The number of benzene rings is 2. The first kappa shape index (κ1) is 16.0. The van der Waals surface area contributed by atoms with Gasteiger partial charge in [-0.25, -0.2) is 8.42 Å². The summed E-state index contributed by atoms with van der Waals surface area (Å²) in [7, 11) is -5.17. The fourth-order valence-corrected chi connectivity index (χ4v) is 8.74. The van der Waals surface area contributed by atoms with Crippen LogP contribution in [0.2, 0.25) is 19.6 Å². The SMILES string of the molecule is C[Si](C)(C)C(Cc1ccccc1)S(=O)(=O)c1ccccc1. The van der Waals surface area contributed by atoms with E-state index in [2.05, 4.69) is 19.6 Å². The van der Waals surface area contributed by atoms with Gasteiger partial charge in [-0.1, -0.05) is 68.2 Å². The summed E-state index contributed by atoms with van der Waals surface area (Å²) in [5, 5.41) is 0. The standard InChI is InChI=1S/C17H22O2SSi/c1-21(2,3)17(14-15-10-6-4-7-11-15)20(18,19)16-12-8-5-9-13-16/h4-13,17H,14H2,1-3H3. The monoisotopic (exact) mass is 318 g/mol. The molecular formula is C17H22O2SSi. The van der Waals surface area contributed by atoms with E-state index in [0.717, 1.165) is 5.56 Å². The Labute approximate surface area is 128 Å². The van der Waals surface area contributed by atoms with Crippen LogP contribution in [0, 0.1) is 0 Å². The second-order valence-corrected chi connectivity index (χ2v) is 14.4. The fourth-order valence-electron chi connectivity index (χ4n) is 2.48. The highest BCUT2D eigenvalue weighted by Crippen LogP contribution is 2.26. The Morgan fingerprint density at radius 1 is 0.857 bits per heavy atom. The smallest absolute Gasteiger partial charge is 0.178 e. The van der Waals surface area contributed by atoms with Crippen molar-refractivity contribution in [3.8, 4) is 0 Å². The van der Waals surface area contributed by atoms with Crippen molar-refractivity contribution in [1.82, 2.24) is 0 Å². The normalized spacial score (nSPS) is 13.9. The third-order valence-electron chi connectivity index (χ3n) is 3.68. The minimum atomic E-state index is -3.30. The van der Waals surface area contributed by atoms with Crippen molar-refractivity contribution in [3.63, 3.8) is 0 Å². The van der Waals surface area contributed by atoms with Crippen molar-refractivity contribution in [2.45, 2.75) is 35.8 Å². The van der Waals surface area contributed by atoms with Crippen LogP contribution >= 0.6 is 0 Å². The number of rotatable bonds is 5. The van der Waals surface area contributed by atoms with Crippen LogP contribution in [-0.2, 0) is 16.3 Å². The Hall–Kier alpha value is -1.39. The van der Waals surface area contributed by atoms with E-state index in [-0.39, 0.29) is 4.87 Å². The molecule has 0 saturated heterocycles. The Morgan fingerprint density at radius 3 is 1.81 bits per heavy atom. The van der Waals surface area contributed by atoms with Crippen molar-refractivity contribution in [3.05, 3.63) is 66.2 Å². The van der Waals surface area contributed by atoms with Gasteiger partial charge in [0.15, 0.2) is 9.84 Å². The van der Waals surface area contributed by atoms with E-state index in [9.17, 15) is 8.42 Å². The van der Waals surface area contributed by atoms with Gasteiger partial charge in [0, 0.05) is 0 Å². The molecule has 0 amide bonds. The van der Waals surface area contributed by atoms with Crippen molar-refractivity contribution in [2.75, 3.05) is 0 Å². The molecule has 1 atom stereocenters. The molecule has 2 aromatic carbocycles. The third-order valence-corrected chi connectivity index (χ3v) is 10.7. The average Bonchev–Trinajstić information content (AvgIpc) is 2.45. The summed E-state index contributed by atoms with van der Waals surface area (Å²) in [6.45, 7) is 6.38. The van der Waals surface area contributed by atoms with Crippen LogP contribution in [0.4, 0.5) is 0 Å². The van der Waals surface area contributed by atoms with Gasteiger partial charge in [-0.15, -0.1) is 0 Å². The molecule has 0 N–H and O–H groups in total. The van der Waals surface area contributed by atoms with E-state index < -0.39 is 17.9 Å². The van der Waals surface area contributed by atoms with Crippen LogP contribution in [0.3, 0.4) is 0 Å². The highest BCUT2D eigenvalue weighted by molar-refractivity contribution is 7.94. The first-order chi connectivity index (χ1) is 9.82. The largest absolute Gasteiger partial charge is 0.224 e. The van der Waals surface area contributed by atoms with Crippen LogP contribution in [-0.4, -0.2) is 21.4 Å². The van der Waals surface area contributed by atoms with Gasteiger partial charge in [-0.2, -0.15) is 0 Å². The van der Waals surface area contributed by atoms with E-state index in [1.807, 2.05) is 36.4 Å². The van der Waals surface area contributed by atoms with Crippen LogP contribution in [0.15, 0.2) is 65.6 Å². The van der Waals surface area contributed by atoms with Crippen molar-refractivity contribution < 1.29 is 8.42 Å². The fraction of sp³-hybridized carbons (Fsp3) is 0.294. The molecule has 2 aromatic rings. The number of sulfone groups is 1. The third kappa shape index (κ3) is 3.83. The summed E-state index contributed by atoms with van der Waals surface area (Å²) in [6.07, 6.45) is 0.591. The van der Waals surface area contributed by atoms with Gasteiger partial charge in [0.1, 0.15) is 0 Å². The highest BCUT2D eigenvalue weighted by atomic mass is 32.2. The molecule has 0 aromatic heterocycles. The maximum absolute atomic E-state index is 13.0. The van der Waals surface area contributed by atoms with Crippen molar-refractivity contribution >= 4 is 17.9 Å². The van der Waals surface area contributed by atoms with E-state index in [1.54, 1.807) is 24.3 Å². The minimum Gasteiger partial charge on any atom is -0.224 e. The molecule has 0 bridgehead atoms. The van der Waals surface area contributed by atoms with Gasteiger partial charge in [0.25, 0.3) is 0 Å². The van der Waals surface area contributed by atoms with Gasteiger partial charge >= 0.3 is 0 Å². The highest BCUT2D eigenvalue weighted by Gasteiger charge is 2.38. The lowest BCUT2D eigenvalue weighted by atomic mass is 10.2. The van der Waals surface area contributed by atoms with Crippen LogP contribution in [0.1, 0.15) is 5.56 Å². The predicted molar refractivity (Wildman–Crippen MR) is 90.9 cm³/mol.